The van der Waals surface area contributed by atoms with E-state index in [1.54, 1.807) is 0 Å². The molecule has 1 aromatic heterocycles. The van der Waals surface area contributed by atoms with Crippen molar-refractivity contribution >= 4 is 5.97 Å². The van der Waals surface area contributed by atoms with Gasteiger partial charge in [0.1, 0.15) is 0 Å². The summed E-state index contributed by atoms with van der Waals surface area (Å²) in [7, 11) is 0. The van der Waals surface area contributed by atoms with Gasteiger partial charge in [0.15, 0.2) is 6.61 Å². The summed E-state index contributed by atoms with van der Waals surface area (Å²) in [6.07, 6.45) is -6.34. The van der Waals surface area contributed by atoms with Crippen LogP contribution in [0.2, 0.25) is 0 Å². The molecule has 0 unspecified atom stereocenters. The van der Waals surface area contributed by atoms with E-state index in [9.17, 15) is 79.4 Å². The fourth-order valence-corrected chi connectivity index (χ4v) is 2.01. The summed E-state index contributed by atoms with van der Waals surface area (Å²) in [5.74, 6) is -59.4. The van der Waals surface area contributed by atoms with E-state index >= 15 is 0 Å². The minimum absolute atomic E-state index is 0.519. The van der Waals surface area contributed by atoms with E-state index in [-0.39, 0.29) is 0 Å². The van der Waals surface area contributed by atoms with Crippen molar-refractivity contribution in [3.63, 3.8) is 0 Å². The van der Waals surface area contributed by atoms with Crippen LogP contribution >= 0.6 is 0 Å². The standard InChI is InChI=1S/C15H6F17NO2/c16-8(17,5-35-7(34)6-2-1-3-33-4-6)9(18,19)10(20,21)11(22,23)12(24,25)13(26,27)14(28,29)15(30,31)32/h1-4H,5H2. The van der Waals surface area contributed by atoms with E-state index in [1.165, 1.54) is 0 Å². The number of hydrogen-bond donors (Lipinski definition) is 0. The Morgan fingerprint density at radius 2 is 1.06 bits per heavy atom. The van der Waals surface area contributed by atoms with Crippen molar-refractivity contribution in [1.82, 2.24) is 4.98 Å². The van der Waals surface area contributed by atoms with Crippen LogP contribution in [0.4, 0.5) is 74.6 Å². The van der Waals surface area contributed by atoms with Gasteiger partial charge in [0, 0.05) is 12.4 Å². The topological polar surface area (TPSA) is 39.2 Å². The Morgan fingerprint density at radius 1 is 0.657 bits per heavy atom. The normalized spacial score (nSPS) is 15.2. The molecule has 0 aliphatic heterocycles. The maximum absolute atomic E-state index is 13.6. The molecule has 1 aromatic rings. The third kappa shape index (κ3) is 4.43. The molecule has 202 valence electrons. The summed E-state index contributed by atoms with van der Waals surface area (Å²) >= 11 is 0. The second kappa shape index (κ2) is 8.52. The van der Waals surface area contributed by atoms with Gasteiger partial charge in [-0.15, -0.1) is 0 Å². The van der Waals surface area contributed by atoms with Crippen LogP contribution in [0.25, 0.3) is 0 Å². The zero-order valence-electron chi connectivity index (χ0n) is 15.7. The molecule has 0 saturated heterocycles. The molecule has 0 aromatic carbocycles. The first kappa shape index (κ1) is 30.5. The number of aromatic nitrogens is 1. The van der Waals surface area contributed by atoms with Crippen LogP contribution in [0.1, 0.15) is 10.4 Å². The number of esters is 1. The van der Waals surface area contributed by atoms with Gasteiger partial charge in [0.25, 0.3) is 0 Å². The molecule has 0 fully saturated rings. The van der Waals surface area contributed by atoms with Crippen molar-refractivity contribution in [3.8, 4) is 0 Å². The fraction of sp³-hybridized carbons (Fsp3) is 0.600. The van der Waals surface area contributed by atoms with Gasteiger partial charge < -0.3 is 4.74 Å². The molecular formula is C15H6F17NO2. The molecule has 0 spiro atoms. The van der Waals surface area contributed by atoms with Crippen molar-refractivity contribution in [2.45, 2.75) is 47.6 Å². The predicted molar refractivity (Wildman–Crippen MR) is 75.2 cm³/mol. The maximum atomic E-state index is 13.6. The number of halogens is 17. The zero-order valence-corrected chi connectivity index (χ0v) is 15.7. The van der Waals surface area contributed by atoms with E-state index in [4.69, 9.17) is 0 Å². The van der Waals surface area contributed by atoms with Crippen LogP contribution in [0.5, 0.6) is 0 Å². The van der Waals surface area contributed by atoms with Crippen molar-refractivity contribution in [3.05, 3.63) is 30.1 Å². The van der Waals surface area contributed by atoms with Crippen LogP contribution in [-0.4, -0.2) is 65.2 Å². The second-order valence-electron chi connectivity index (χ2n) is 6.47. The molecule has 0 aliphatic carbocycles. The van der Waals surface area contributed by atoms with Gasteiger partial charge in [-0.3, -0.25) is 4.98 Å². The summed E-state index contributed by atoms with van der Waals surface area (Å²) in [4.78, 5) is 14.6. The number of carbonyl (C=O) groups excluding carboxylic acids is 1. The molecule has 1 heterocycles. The number of rotatable bonds is 9. The third-order valence-electron chi connectivity index (χ3n) is 4.07. The van der Waals surface area contributed by atoms with Crippen molar-refractivity contribution in [1.29, 1.82) is 0 Å². The average Bonchev–Trinajstić information content (AvgIpc) is 2.70. The summed E-state index contributed by atoms with van der Waals surface area (Å²) in [6.45, 7) is -3.31. The van der Waals surface area contributed by atoms with E-state index in [0.29, 0.717) is 12.3 Å². The van der Waals surface area contributed by atoms with Crippen LogP contribution in [0, 0.1) is 0 Å². The number of carbonyl (C=O) groups is 1. The minimum atomic E-state index is -8.71. The largest absolute Gasteiger partial charge is 0.460 e. The summed E-state index contributed by atoms with van der Waals surface area (Å²) in [5.41, 5.74) is -0.829. The van der Waals surface area contributed by atoms with Crippen LogP contribution in [0.3, 0.4) is 0 Å². The van der Waals surface area contributed by atoms with Gasteiger partial charge >= 0.3 is 53.6 Å². The summed E-state index contributed by atoms with van der Waals surface area (Å²) in [5, 5.41) is 0. The number of alkyl halides is 17. The molecule has 0 N–H and O–H groups in total. The van der Waals surface area contributed by atoms with E-state index < -0.39 is 65.8 Å². The van der Waals surface area contributed by atoms with Gasteiger partial charge in [-0.25, -0.2) is 4.79 Å². The smallest absolute Gasteiger partial charge is 0.455 e. The van der Waals surface area contributed by atoms with Crippen LogP contribution in [0.15, 0.2) is 24.5 Å². The van der Waals surface area contributed by atoms with E-state index in [0.717, 1.165) is 12.3 Å². The van der Waals surface area contributed by atoms with Crippen LogP contribution in [-0.2, 0) is 4.74 Å². The van der Waals surface area contributed by atoms with Crippen molar-refractivity contribution in [2.75, 3.05) is 6.61 Å². The second-order valence-corrected chi connectivity index (χ2v) is 6.47. The lowest BCUT2D eigenvalue weighted by atomic mass is 9.89. The van der Waals surface area contributed by atoms with E-state index in [1.807, 2.05) is 0 Å². The Hall–Kier alpha value is -2.57. The third-order valence-corrected chi connectivity index (χ3v) is 4.07. The molecule has 0 atom stereocenters. The average molecular weight is 555 g/mol. The Kier molecular flexibility index (Phi) is 7.42. The Bertz CT molecular complexity index is 910. The molecule has 0 bridgehead atoms. The van der Waals surface area contributed by atoms with Gasteiger partial charge in [-0.1, -0.05) is 0 Å². The lowest BCUT2D eigenvalue weighted by Gasteiger charge is -2.42. The molecule has 0 aliphatic rings. The summed E-state index contributed by atoms with van der Waals surface area (Å²) in [6, 6.07) is 1.62. The monoisotopic (exact) mass is 555 g/mol. The fourth-order valence-electron chi connectivity index (χ4n) is 2.01. The Labute approximate surface area is 180 Å². The molecule has 0 saturated carbocycles. The molecule has 20 heteroatoms. The predicted octanol–water partition coefficient (Wildman–Crippen LogP) is 6.25. The van der Waals surface area contributed by atoms with Crippen LogP contribution < -0.4 is 0 Å². The van der Waals surface area contributed by atoms with E-state index in [2.05, 4.69) is 9.72 Å². The lowest BCUT2D eigenvalue weighted by Crippen LogP contribution is -2.74. The lowest BCUT2D eigenvalue weighted by molar-refractivity contribution is -0.462. The first-order valence-corrected chi connectivity index (χ1v) is 8.02. The van der Waals surface area contributed by atoms with Crippen molar-refractivity contribution < 1.29 is 84.2 Å². The highest BCUT2D eigenvalue weighted by Gasteiger charge is 2.95. The quantitative estimate of drug-likeness (QED) is 0.268. The Balaban J connectivity index is 3.42. The van der Waals surface area contributed by atoms with Gasteiger partial charge in [-0.2, -0.15) is 74.6 Å². The van der Waals surface area contributed by atoms with Gasteiger partial charge in [0.2, 0.25) is 0 Å². The Morgan fingerprint density at radius 3 is 1.43 bits per heavy atom. The SMILES string of the molecule is O=C(OCC(F)(F)C(F)(F)C(F)(F)C(F)(F)C(F)(F)C(F)(F)C(F)(F)C(F)(F)F)c1cccnc1. The first-order valence-electron chi connectivity index (χ1n) is 8.02. The molecular weight excluding hydrogens is 549 g/mol. The summed E-state index contributed by atoms with van der Waals surface area (Å²) < 4.78 is 226. The van der Waals surface area contributed by atoms with Crippen molar-refractivity contribution in [2.24, 2.45) is 0 Å². The number of pyridine rings is 1. The number of ether oxygens (including phenoxy) is 1. The highest BCUT2D eigenvalue weighted by Crippen LogP contribution is 2.63. The molecule has 0 radical (unpaired) electrons. The first-order chi connectivity index (χ1) is 15.2. The minimum Gasteiger partial charge on any atom is -0.455 e. The number of hydrogen-bond acceptors (Lipinski definition) is 3. The molecule has 0 amide bonds. The molecule has 35 heavy (non-hydrogen) atoms. The highest BCUT2D eigenvalue weighted by atomic mass is 19.4. The van der Waals surface area contributed by atoms with Gasteiger partial charge in [0.05, 0.1) is 5.56 Å². The van der Waals surface area contributed by atoms with Gasteiger partial charge in [-0.05, 0) is 12.1 Å². The molecule has 1 rings (SSSR count). The number of nitrogens with zero attached hydrogens (tertiary/aromatic N) is 1. The highest BCUT2D eigenvalue weighted by molar-refractivity contribution is 5.88. The zero-order chi connectivity index (χ0) is 28.1. The maximum Gasteiger partial charge on any atom is 0.460 e. The molecule has 3 nitrogen and oxygen atoms in total.